The standard InChI is InChI=1S/C23H34O6/c1-13(24)29-12-19(27)23(28)9-7-17-16-5-4-14-10-15(25)6-8-21(14,2)20(16)18(26)11-22(17,23)3/h14-17,20,25,28H,4-12H2,1-3H3/t14-,15-,16-,17-,20+,21-,22-,23+/m0/s1. The fourth-order valence-electron chi connectivity index (χ4n) is 7.80. The smallest absolute Gasteiger partial charge is 0.303 e. The third-order valence-corrected chi connectivity index (χ3v) is 9.35. The number of Topliss-reactive ketones (excluding diaryl/α,β-unsaturated/α-hetero) is 2. The summed E-state index contributed by atoms with van der Waals surface area (Å²) in [5.74, 6) is -0.256. The molecule has 0 saturated heterocycles. The van der Waals surface area contributed by atoms with Gasteiger partial charge in [-0.1, -0.05) is 13.8 Å². The summed E-state index contributed by atoms with van der Waals surface area (Å²) in [4.78, 5) is 37.5. The molecule has 6 nitrogen and oxygen atoms in total. The van der Waals surface area contributed by atoms with E-state index in [1.54, 1.807) is 0 Å². The first-order valence-electron chi connectivity index (χ1n) is 11.1. The minimum atomic E-state index is -1.62. The topological polar surface area (TPSA) is 101 Å². The first-order valence-corrected chi connectivity index (χ1v) is 11.1. The Kier molecular flexibility index (Phi) is 4.97. The van der Waals surface area contributed by atoms with Crippen LogP contribution < -0.4 is 0 Å². The molecule has 8 atom stereocenters. The van der Waals surface area contributed by atoms with E-state index in [1.165, 1.54) is 6.92 Å². The maximum absolute atomic E-state index is 13.5. The molecule has 162 valence electrons. The summed E-state index contributed by atoms with van der Waals surface area (Å²) in [6, 6.07) is 0. The van der Waals surface area contributed by atoms with Gasteiger partial charge in [0.15, 0.2) is 6.61 Å². The summed E-state index contributed by atoms with van der Waals surface area (Å²) in [5.41, 5.74) is -2.52. The number of ketones is 2. The van der Waals surface area contributed by atoms with E-state index in [0.29, 0.717) is 12.3 Å². The Morgan fingerprint density at radius 1 is 1.14 bits per heavy atom. The van der Waals surface area contributed by atoms with Crippen LogP contribution in [0.15, 0.2) is 0 Å². The minimum Gasteiger partial charge on any atom is -0.458 e. The Morgan fingerprint density at radius 2 is 1.86 bits per heavy atom. The van der Waals surface area contributed by atoms with Crippen molar-refractivity contribution in [3.8, 4) is 0 Å². The molecule has 0 bridgehead atoms. The van der Waals surface area contributed by atoms with E-state index in [0.717, 1.165) is 38.5 Å². The van der Waals surface area contributed by atoms with Crippen molar-refractivity contribution in [3.05, 3.63) is 0 Å². The van der Waals surface area contributed by atoms with Crippen molar-refractivity contribution in [2.45, 2.75) is 83.8 Å². The maximum atomic E-state index is 13.5. The molecule has 0 heterocycles. The lowest BCUT2D eigenvalue weighted by molar-refractivity contribution is -0.181. The number of hydrogen-bond donors (Lipinski definition) is 2. The molecule has 4 saturated carbocycles. The van der Waals surface area contributed by atoms with Gasteiger partial charge in [-0.05, 0) is 68.1 Å². The number of rotatable bonds is 3. The number of ether oxygens (including phenoxy) is 1. The van der Waals surface area contributed by atoms with Crippen molar-refractivity contribution < 1.29 is 29.3 Å². The van der Waals surface area contributed by atoms with Crippen LogP contribution in [-0.4, -0.2) is 46.1 Å². The molecular formula is C23H34O6. The van der Waals surface area contributed by atoms with Crippen LogP contribution in [0.2, 0.25) is 0 Å². The van der Waals surface area contributed by atoms with Crippen LogP contribution in [0.4, 0.5) is 0 Å². The first kappa shape index (κ1) is 21.0. The van der Waals surface area contributed by atoms with Crippen LogP contribution in [0, 0.1) is 34.5 Å². The molecule has 4 aliphatic rings. The maximum Gasteiger partial charge on any atom is 0.303 e. The molecule has 0 unspecified atom stereocenters. The van der Waals surface area contributed by atoms with E-state index < -0.39 is 29.4 Å². The summed E-state index contributed by atoms with van der Waals surface area (Å²) >= 11 is 0. The van der Waals surface area contributed by atoms with Gasteiger partial charge in [0, 0.05) is 24.7 Å². The Bertz CT molecular complexity index is 733. The van der Waals surface area contributed by atoms with Gasteiger partial charge in [-0.3, -0.25) is 14.4 Å². The second-order valence-corrected chi connectivity index (χ2v) is 10.6. The third-order valence-electron chi connectivity index (χ3n) is 9.35. The molecule has 0 aliphatic heterocycles. The average molecular weight is 407 g/mol. The van der Waals surface area contributed by atoms with Crippen molar-refractivity contribution in [2.24, 2.45) is 34.5 Å². The van der Waals surface area contributed by atoms with Crippen LogP contribution in [0.25, 0.3) is 0 Å². The van der Waals surface area contributed by atoms with E-state index >= 15 is 0 Å². The van der Waals surface area contributed by atoms with E-state index in [9.17, 15) is 24.6 Å². The molecule has 0 aromatic heterocycles. The van der Waals surface area contributed by atoms with E-state index in [-0.39, 0.29) is 41.5 Å². The largest absolute Gasteiger partial charge is 0.458 e. The van der Waals surface area contributed by atoms with Crippen molar-refractivity contribution in [1.82, 2.24) is 0 Å². The summed E-state index contributed by atoms with van der Waals surface area (Å²) < 4.78 is 4.88. The monoisotopic (exact) mass is 406 g/mol. The van der Waals surface area contributed by atoms with Crippen molar-refractivity contribution >= 4 is 17.5 Å². The number of fused-ring (bicyclic) bond motifs is 5. The highest BCUT2D eigenvalue weighted by molar-refractivity contribution is 5.93. The molecule has 4 aliphatic carbocycles. The normalized spacial score (nSPS) is 49.0. The zero-order valence-electron chi connectivity index (χ0n) is 17.8. The fourth-order valence-corrected chi connectivity index (χ4v) is 7.80. The second-order valence-electron chi connectivity index (χ2n) is 10.6. The van der Waals surface area contributed by atoms with Gasteiger partial charge >= 0.3 is 5.97 Å². The van der Waals surface area contributed by atoms with E-state index in [1.807, 2.05) is 6.92 Å². The Hall–Kier alpha value is -1.27. The number of carbonyl (C=O) groups is 3. The first-order chi connectivity index (χ1) is 13.5. The molecule has 0 aromatic carbocycles. The summed E-state index contributed by atoms with van der Waals surface area (Å²) in [5, 5.41) is 21.6. The Morgan fingerprint density at radius 3 is 2.55 bits per heavy atom. The zero-order valence-corrected chi connectivity index (χ0v) is 17.8. The summed E-state index contributed by atoms with van der Waals surface area (Å²) in [6.07, 6.45) is 5.28. The van der Waals surface area contributed by atoms with Gasteiger partial charge in [-0.15, -0.1) is 0 Å². The van der Waals surface area contributed by atoms with Crippen molar-refractivity contribution in [3.63, 3.8) is 0 Å². The third kappa shape index (κ3) is 2.93. The second kappa shape index (κ2) is 6.88. The summed E-state index contributed by atoms with van der Waals surface area (Å²) in [7, 11) is 0. The molecule has 6 heteroatoms. The van der Waals surface area contributed by atoms with Crippen LogP contribution in [0.1, 0.15) is 72.1 Å². The van der Waals surface area contributed by atoms with Gasteiger partial charge in [-0.2, -0.15) is 0 Å². The van der Waals surface area contributed by atoms with Gasteiger partial charge in [0.1, 0.15) is 11.4 Å². The highest BCUT2D eigenvalue weighted by Gasteiger charge is 2.69. The predicted molar refractivity (Wildman–Crippen MR) is 105 cm³/mol. The highest BCUT2D eigenvalue weighted by Crippen LogP contribution is 2.67. The molecule has 29 heavy (non-hydrogen) atoms. The van der Waals surface area contributed by atoms with Gasteiger partial charge < -0.3 is 14.9 Å². The average Bonchev–Trinajstić information content (AvgIpc) is 2.91. The van der Waals surface area contributed by atoms with Crippen molar-refractivity contribution in [2.75, 3.05) is 6.61 Å². The van der Waals surface area contributed by atoms with Gasteiger partial charge in [0.2, 0.25) is 5.78 Å². The number of aliphatic hydroxyl groups excluding tert-OH is 1. The zero-order chi connectivity index (χ0) is 21.2. The molecule has 4 rings (SSSR count). The van der Waals surface area contributed by atoms with E-state index in [4.69, 9.17) is 4.74 Å². The van der Waals surface area contributed by atoms with Gasteiger partial charge in [-0.25, -0.2) is 0 Å². The van der Waals surface area contributed by atoms with Crippen LogP contribution >= 0.6 is 0 Å². The SMILES string of the molecule is CC(=O)OCC(=O)[C@]1(O)CC[C@H]2[C@@H]3CC[C@H]4C[C@@H](O)CC[C@]4(C)[C@H]3C(=O)C[C@@]21C. The quantitative estimate of drug-likeness (QED) is 0.698. The number of aliphatic hydroxyl groups is 2. The lowest BCUT2D eigenvalue weighted by Crippen LogP contribution is -2.62. The molecule has 4 fully saturated rings. The number of esters is 1. The number of carbonyl (C=O) groups excluding carboxylic acids is 3. The molecule has 0 aromatic rings. The molecule has 0 amide bonds. The predicted octanol–water partition coefficient (Wildman–Crippen LogP) is 2.43. The van der Waals surface area contributed by atoms with Crippen LogP contribution in [-0.2, 0) is 19.1 Å². The van der Waals surface area contributed by atoms with Crippen LogP contribution in [0.5, 0.6) is 0 Å². The minimum absolute atomic E-state index is 0.0438. The Balaban J connectivity index is 1.63. The van der Waals surface area contributed by atoms with Crippen molar-refractivity contribution in [1.29, 1.82) is 0 Å². The highest BCUT2D eigenvalue weighted by atomic mass is 16.5. The molecule has 0 spiro atoms. The molecule has 0 radical (unpaired) electrons. The number of hydrogen-bond acceptors (Lipinski definition) is 6. The molecule has 2 N–H and O–H groups in total. The van der Waals surface area contributed by atoms with E-state index in [2.05, 4.69) is 6.92 Å². The lowest BCUT2D eigenvalue weighted by Gasteiger charge is -2.60. The van der Waals surface area contributed by atoms with Gasteiger partial charge in [0.05, 0.1) is 6.10 Å². The van der Waals surface area contributed by atoms with Gasteiger partial charge in [0.25, 0.3) is 0 Å². The molecular weight excluding hydrogens is 372 g/mol. The fraction of sp³-hybridized carbons (Fsp3) is 0.870. The Labute approximate surface area is 172 Å². The van der Waals surface area contributed by atoms with Crippen LogP contribution in [0.3, 0.4) is 0 Å². The summed E-state index contributed by atoms with van der Waals surface area (Å²) in [6.45, 7) is 4.93. The lowest BCUT2D eigenvalue weighted by atomic mass is 9.44.